The van der Waals surface area contributed by atoms with Gasteiger partial charge in [-0.25, -0.2) is 4.98 Å². The number of carbonyl (C=O) groups excluding carboxylic acids is 1. The lowest BCUT2D eigenvalue weighted by Crippen LogP contribution is -2.40. The van der Waals surface area contributed by atoms with Gasteiger partial charge in [0.1, 0.15) is 5.82 Å². The van der Waals surface area contributed by atoms with E-state index in [1.54, 1.807) is 33.7 Å². The maximum Gasteiger partial charge on any atom is 0.266 e. The zero-order chi connectivity index (χ0) is 28.2. The Morgan fingerprint density at radius 1 is 0.925 bits per heavy atom. The fraction of sp³-hybridized carbons (Fsp3) is 0.182. The van der Waals surface area contributed by atoms with Crippen molar-refractivity contribution in [3.8, 4) is 5.69 Å². The highest BCUT2D eigenvalue weighted by Gasteiger charge is 2.30. The van der Waals surface area contributed by atoms with Crippen LogP contribution in [0.3, 0.4) is 0 Å². The van der Waals surface area contributed by atoms with Crippen LogP contribution in [0.1, 0.15) is 46.7 Å². The van der Waals surface area contributed by atoms with E-state index in [0.717, 1.165) is 11.1 Å². The second-order valence-corrected chi connectivity index (χ2v) is 10.6. The maximum absolute atomic E-state index is 14.2. The average molecular weight is 571 g/mol. The molecule has 1 aromatic heterocycles. The largest absolute Gasteiger partial charge is 0.328 e. The summed E-state index contributed by atoms with van der Waals surface area (Å²) in [7, 11) is 0. The summed E-state index contributed by atoms with van der Waals surface area (Å²) >= 11 is 12.7. The van der Waals surface area contributed by atoms with E-state index < -0.39 is 6.04 Å². The summed E-state index contributed by atoms with van der Waals surface area (Å²) in [5.41, 5.74) is 3.58. The normalized spacial score (nSPS) is 11.9. The van der Waals surface area contributed by atoms with E-state index in [2.05, 4.69) is 0 Å². The molecule has 0 radical (unpaired) electrons. The van der Waals surface area contributed by atoms with Crippen LogP contribution >= 0.6 is 23.2 Å². The molecule has 0 fully saturated rings. The van der Waals surface area contributed by atoms with Crippen molar-refractivity contribution in [2.45, 2.75) is 32.7 Å². The summed E-state index contributed by atoms with van der Waals surface area (Å²) in [5, 5.41) is 1.25. The number of rotatable bonds is 8. The minimum absolute atomic E-state index is 0.176. The van der Waals surface area contributed by atoms with Gasteiger partial charge >= 0.3 is 0 Å². The van der Waals surface area contributed by atoms with Crippen LogP contribution in [0.25, 0.3) is 16.6 Å². The molecule has 0 saturated carbocycles. The summed E-state index contributed by atoms with van der Waals surface area (Å²) in [6.07, 6.45) is 1.15. The molecule has 0 N–H and O–H groups in total. The molecule has 0 aliphatic rings. The van der Waals surface area contributed by atoms with E-state index >= 15 is 0 Å². The van der Waals surface area contributed by atoms with E-state index in [0.29, 0.717) is 52.4 Å². The van der Waals surface area contributed by atoms with Gasteiger partial charge in [-0.1, -0.05) is 84.7 Å². The van der Waals surface area contributed by atoms with Gasteiger partial charge in [0, 0.05) is 11.6 Å². The Hall–Kier alpha value is -3.93. The monoisotopic (exact) mass is 569 g/mol. The zero-order valence-corrected chi connectivity index (χ0v) is 23.9. The highest BCUT2D eigenvalue weighted by Crippen LogP contribution is 2.30. The Morgan fingerprint density at radius 2 is 1.68 bits per heavy atom. The van der Waals surface area contributed by atoms with Gasteiger partial charge in [0.25, 0.3) is 11.5 Å². The van der Waals surface area contributed by atoms with Gasteiger partial charge in [0.05, 0.1) is 33.2 Å². The van der Waals surface area contributed by atoms with Gasteiger partial charge in [0.2, 0.25) is 0 Å². The number of amides is 1. The van der Waals surface area contributed by atoms with Crippen molar-refractivity contribution >= 4 is 40.0 Å². The first-order chi connectivity index (χ1) is 19.4. The quantitative estimate of drug-likeness (QED) is 0.191. The summed E-state index contributed by atoms with van der Waals surface area (Å²) in [6, 6.07) is 29.4. The van der Waals surface area contributed by atoms with Crippen molar-refractivity contribution in [2.75, 3.05) is 6.54 Å². The van der Waals surface area contributed by atoms with Crippen molar-refractivity contribution < 1.29 is 4.79 Å². The Morgan fingerprint density at radius 3 is 2.40 bits per heavy atom. The molecular weight excluding hydrogens is 541 g/mol. The molecule has 1 amide bonds. The van der Waals surface area contributed by atoms with Crippen molar-refractivity contribution in [2.24, 2.45) is 0 Å². The SMILES string of the molecule is CCC(c1nc2ccccc2c(=O)n1-c1cccc(C)c1)N(CCc1ccccc1)C(=O)c1ccc(Cl)cc1Cl. The molecule has 1 atom stereocenters. The van der Waals surface area contributed by atoms with Crippen molar-refractivity contribution in [3.63, 3.8) is 0 Å². The minimum Gasteiger partial charge on any atom is -0.328 e. The molecule has 5 rings (SSSR count). The number of carbonyl (C=O) groups is 1. The van der Waals surface area contributed by atoms with Crippen LogP contribution < -0.4 is 5.56 Å². The van der Waals surface area contributed by atoms with Crippen LogP contribution in [0.2, 0.25) is 10.0 Å². The molecule has 4 aromatic carbocycles. The van der Waals surface area contributed by atoms with E-state index in [-0.39, 0.29) is 16.5 Å². The van der Waals surface area contributed by atoms with Gasteiger partial charge in [-0.05, 0) is 73.4 Å². The molecule has 1 heterocycles. The standard InChI is InChI=1S/C33H29Cl2N3O2/c1-3-30(31-36-29-15-8-7-14-27(29)33(40)38(31)25-13-9-10-22(2)20-25)37(19-18-23-11-5-4-6-12-23)32(39)26-17-16-24(34)21-28(26)35/h4-17,20-21,30H,3,18-19H2,1-2H3. The van der Waals surface area contributed by atoms with Crippen molar-refractivity contribution in [1.82, 2.24) is 14.5 Å². The Balaban J connectivity index is 1.70. The Kier molecular flexibility index (Phi) is 8.34. The zero-order valence-electron chi connectivity index (χ0n) is 22.4. The van der Waals surface area contributed by atoms with Crippen LogP contribution in [0, 0.1) is 6.92 Å². The molecule has 1 unspecified atom stereocenters. The van der Waals surface area contributed by atoms with Crippen molar-refractivity contribution in [1.29, 1.82) is 0 Å². The molecular formula is C33H29Cl2N3O2. The van der Waals surface area contributed by atoms with E-state index in [9.17, 15) is 9.59 Å². The number of nitrogens with zero attached hydrogens (tertiary/aromatic N) is 3. The number of fused-ring (bicyclic) bond motifs is 1. The van der Waals surface area contributed by atoms with Crippen molar-refractivity contribution in [3.05, 3.63) is 140 Å². The topological polar surface area (TPSA) is 55.2 Å². The van der Waals surface area contributed by atoms with Crippen LogP contribution in [0.4, 0.5) is 0 Å². The number of hydrogen-bond donors (Lipinski definition) is 0. The average Bonchev–Trinajstić information content (AvgIpc) is 2.95. The number of aromatic nitrogens is 2. The molecule has 0 bridgehead atoms. The number of para-hydroxylation sites is 1. The molecule has 0 saturated heterocycles. The van der Waals surface area contributed by atoms with E-state index in [1.807, 2.05) is 86.6 Å². The van der Waals surface area contributed by atoms with Gasteiger partial charge in [-0.2, -0.15) is 0 Å². The third-order valence-corrected chi connectivity index (χ3v) is 7.58. The highest BCUT2D eigenvalue weighted by atomic mass is 35.5. The first-order valence-electron chi connectivity index (χ1n) is 13.3. The first-order valence-corrected chi connectivity index (χ1v) is 14.0. The van der Waals surface area contributed by atoms with Gasteiger partial charge in [-0.3, -0.25) is 14.2 Å². The number of hydrogen-bond acceptors (Lipinski definition) is 3. The van der Waals surface area contributed by atoms with Crippen LogP contribution in [-0.2, 0) is 6.42 Å². The third-order valence-electron chi connectivity index (χ3n) is 7.03. The van der Waals surface area contributed by atoms with Gasteiger partial charge < -0.3 is 4.90 Å². The minimum atomic E-state index is -0.513. The number of halogens is 2. The fourth-order valence-electron chi connectivity index (χ4n) is 5.04. The predicted molar refractivity (Wildman–Crippen MR) is 163 cm³/mol. The Bertz CT molecular complexity index is 1730. The van der Waals surface area contributed by atoms with E-state index in [1.165, 1.54) is 0 Å². The van der Waals surface area contributed by atoms with Gasteiger partial charge in [-0.15, -0.1) is 0 Å². The predicted octanol–water partition coefficient (Wildman–Crippen LogP) is 7.84. The second kappa shape index (κ2) is 12.1. The number of aryl methyl sites for hydroxylation is 1. The van der Waals surface area contributed by atoms with Gasteiger partial charge in [0.15, 0.2) is 0 Å². The maximum atomic E-state index is 14.2. The van der Waals surface area contributed by atoms with Crippen LogP contribution in [0.15, 0.2) is 102 Å². The molecule has 0 spiro atoms. The fourth-order valence-corrected chi connectivity index (χ4v) is 5.53. The molecule has 202 valence electrons. The lowest BCUT2D eigenvalue weighted by molar-refractivity contribution is 0.0662. The van der Waals surface area contributed by atoms with E-state index in [4.69, 9.17) is 28.2 Å². The number of benzene rings is 4. The lowest BCUT2D eigenvalue weighted by Gasteiger charge is -2.33. The summed E-state index contributed by atoms with van der Waals surface area (Å²) in [4.78, 5) is 35.0. The molecule has 7 heteroatoms. The molecule has 0 aliphatic carbocycles. The summed E-state index contributed by atoms with van der Waals surface area (Å²) in [6.45, 7) is 4.38. The molecule has 0 aliphatic heterocycles. The van der Waals surface area contributed by atoms with Crippen LogP contribution in [-0.4, -0.2) is 26.9 Å². The lowest BCUT2D eigenvalue weighted by atomic mass is 10.1. The Labute approximate surface area is 243 Å². The third kappa shape index (κ3) is 5.67. The first kappa shape index (κ1) is 27.6. The smallest absolute Gasteiger partial charge is 0.266 e. The second-order valence-electron chi connectivity index (χ2n) is 9.75. The molecule has 5 aromatic rings. The molecule has 40 heavy (non-hydrogen) atoms. The van der Waals surface area contributed by atoms with Crippen LogP contribution in [0.5, 0.6) is 0 Å². The summed E-state index contributed by atoms with van der Waals surface area (Å²) < 4.78 is 1.65. The summed E-state index contributed by atoms with van der Waals surface area (Å²) in [5.74, 6) is 0.256. The molecule has 5 nitrogen and oxygen atoms in total. The highest BCUT2D eigenvalue weighted by molar-refractivity contribution is 6.36.